The van der Waals surface area contributed by atoms with Crippen molar-refractivity contribution in [2.45, 2.75) is 38.2 Å². The van der Waals surface area contributed by atoms with Crippen molar-refractivity contribution in [1.82, 2.24) is 0 Å². The quantitative estimate of drug-likeness (QED) is 0.263. The zero-order valence-electron chi connectivity index (χ0n) is 20.0. The number of carbonyl (C=O) groups is 1. The third-order valence-corrected chi connectivity index (χ3v) is 5.72. The fourth-order valence-corrected chi connectivity index (χ4v) is 4.01. The van der Waals surface area contributed by atoms with Gasteiger partial charge in [-0.05, 0) is 25.0 Å². The number of ether oxygens (including phenoxy) is 2. The van der Waals surface area contributed by atoms with Crippen molar-refractivity contribution in [3.8, 4) is 0 Å². The standard InChI is InChI=1S/C21H22N6O11/c1-12(28)37-21-17(22-16-6-3-13(24(29)30)9-19(16)26(33)34)7-5-15(38-21)11-23(2)18-8-4-14(25(31)32)10-20(18)27(35)36/h3-4,6,8-10,15,17,21-22H,5,7,11H2,1-2H3/t15-,17+,21+/m0/s1. The van der Waals surface area contributed by atoms with Crippen molar-refractivity contribution >= 4 is 40.1 Å². The normalized spacial score (nSPS) is 18.7. The van der Waals surface area contributed by atoms with Crippen molar-refractivity contribution < 1.29 is 34.0 Å². The zero-order chi connectivity index (χ0) is 28.1. The molecule has 2 aromatic carbocycles. The molecule has 0 aromatic heterocycles. The Morgan fingerprint density at radius 2 is 1.53 bits per heavy atom. The molecule has 2 aromatic rings. The summed E-state index contributed by atoms with van der Waals surface area (Å²) in [5, 5.41) is 47.8. The van der Waals surface area contributed by atoms with Crippen molar-refractivity contribution in [3.05, 3.63) is 76.9 Å². The number of non-ortho nitro benzene ring substituents is 2. The molecular weight excluding hydrogens is 512 g/mol. The first-order chi connectivity index (χ1) is 17.9. The lowest BCUT2D eigenvalue weighted by Gasteiger charge is -2.37. The summed E-state index contributed by atoms with van der Waals surface area (Å²) in [7, 11) is 1.53. The van der Waals surface area contributed by atoms with Crippen LogP contribution in [0.2, 0.25) is 0 Å². The number of esters is 1. The molecule has 3 atom stereocenters. The smallest absolute Gasteiger partial charge is 0.305 e. The Balaban J connectivity index is 1.79. The number of nitrogens with one attached hydrogen (secondary N) is 1. The molecule has 1 aliphatic heterocycles. The Hall–Kier alpha value is -4.93. The van der Waals surface area contributed by atoms with Crippen LogP contribution in [0.1, 0.15) is 19.8 Å². The molecule has 1 fully saturated rings. The molecule has 17 nitrogen and oxygen atoms in total. The zero-order valence-corrected chi connectivity index (χ0v) is 20.0. The van der Waals surface area contributed by atoms with Crippen molar-refractivity contribution in [3.63, 3.8) is 0 Å². The maximum absolute atomic E-state index is 11.7. The number of anilines is 2. The number of likely N-dealkylation sites (N-methyl/N-ethyl adjacent to an activating group) is 1. The number of hydrogen-bond acceptors (Lipinski definition) is 13. The molecule has 0 bridgehead atoms. The van der Waals surface area contributed by atoms with Crippen LogP contribution in [0.3, 0.4) is 0 Å². The molecule has 3 rings (SSSR count). The molecule has 1 saturated heterocycles. The fraction of sp³-hybridized carbons (Fsp3) is 0.381. The van der Waals surface area contributed by atoms with E-state index in [2.05, 4.69) is 5.32 Å². The average Bonchev–Trinajstić information content (AvgIpc) is 2.84. The maximum Gasteiger partial charge on any atom is 0.305 e. The van der Waals surface area contributed by atoms with Gasteiger partial charge in [-0.15, -0.1) is 0 Å². The summed E-state index contributed by atoms with van der Waals surface area (Å²) >= 11 is 0. The molecule has 0 spiro atoms. The van der Waals surface area contributed by atoms with Gasteiger partial charge in [-0.25, -0.2) is 0 Å². The Morgan fingerprint density at radius 3 is 2.08 bits per heavy atom. The van der Waals surface area contributed by atoms with Crippen LogP contribution in [0.25, 0.3) is 0 Å². The van der Waals surface area contributed by atoms with Gasteiger partial charge < -0.3 is 19.7 Å². The van der Waals surface area contributed by atoms with Crippen LogP contribution in [0, 0.1) is 40.5 Å². The summed E-state index contributed by atoms with van der Waals surface area (Å²) in [4.78, 5) is 55.1. The SMILES string of the molecule is CC(=O)O[C@@H]1O[C@H](CN(C)c2ccc([N+](=O)[O-])cc2[N+](=O)[O-])CC[C@H]1Nc1ccc([N+](=O)[O-])cc1[N+](=O)[O-]. The van der Waals surface area contributed by atoms with Gasteiger partial charge in [0.25, 0.3) is 22.7 Å². The Bertz CT molecular complexity index is 1290. The lowest BCUT2D eigenvalue weighted by Crippen LogP contribution is -2.48. The molecule has 1 aliphatic rings. The molecule has 0 unspecified atom stereocenters. The van der Waals surface area contributed by atoms with E-state index in [0.29, 0.717) is 6.42 Å². The van der Waals surface area contributed by atoms with Gasteiger partial charge in [-0.1, -0.05) is 0 Å². The highest BCUT2D eigenvalue weighted by molar-refractivity contribution is 5.68. The second-order valence-corrected chi connectivity index (χ2v) is 8.35. The number of benzene rings is 2. The Labute approximate surface area is 213 Å². The average molecular weight is 534 g/mol. The van der Waals surface area contributed by atoms with Crippen molar-refractivity contribution in [2.24, 2.45) is 0 Å². The predicted octanol–water partition coefficient (Wildman–Crippen LogP) is 3.30. The summed E-state index contributed by atoms with van der Waals surface area (Å²) < 4.78 is 11.2. The minimum absolute atomic E-state index is 0.0385. The van der Waals surface area contributed by atoms with Crippen LogP contribution in [0.5, 0.6) is 0 Å². The highest BCUT2D eigenvalue weighted by atomic mass is 16.7. The molecule has 0 radical (unpaired) electrons. The van der Waals surface area contributed by atoms with Gasteiger partial charge in [0.2, 0.25) is 6.29 Å². The van der Waals surface area contributed by atoms with Crippen LogP contribution >= 0.6 is 0 Å². The van der Waals surface area contributed by atoms with Gasteiger partial charge in [-0.2, -0.15) is 0 Å². The molecule has 1 heterocycles. The molecule has 1 N–H and O–H groups in total. The molecule has 0 amide bonds. The number of nitro groups is 4. The summed E-state index contributed by atoms with van der Waals surface area (Å²) in [6.45, 7) is 1.23. The van der Waals surface area contributed by atoms with E-state index in [1.54, 1.807) is 0 Å². The van der Waals surface area contributed by atoms with E-state index in [1.807, 2.05) is 0 Å². The van der Waals surface area contributed by atoms with Gasteiger partial charge in [0.05, 0.1) is 44.0 Å². The van der Waals surface area contributed by atoms with Gasteiger partial charge >= 0.3 is 5.97 Å². The monoisotopic (exact) mass is 534 g/mol. The first-order valence-electron chi connectivity index (χ1n) is 11.0. The summed E-state index contributed by atoms with van der Waals surface area (Å²) in [5.41, 5.74) is -1.86. The summed E-state index contributed by atoms with van der Waals surface area (Å²) in [6, 6.07) is 5.56. The van der Waals surface area contributed by atoms with E-state index in [-0.39, 0.29) is 24.3 Å². The van der Waals surface area contributed by atoms with Crippen LogP contribution < -0.4 is 10.2 Å². The Morgan fingerprint density at radius 1 is 0.947 bits per heavy atom. The number of rotatable bonds is 10. The van der Waals surface area contributed by atoms with Gasteiger partial charge in [0.15, 0.2) is 0 Å². The summed E-state index contributed by atoms with van der Waals surface area (Å²) in [6.07, 6.45) is -1.20. The molecular formula is C21H22N6O11. The highest BCUT2D eigenvalue weighted by Crippen LogP contribution is 2.34. The number of nitro benzene ring substituents is 4. The van der Waals surface area contributed by atoms with Gasteiger partial charge in [0, 0.05) is 32.6 Å². The topological polar surface area (TPSA) is 223 Å². The fourth-order valence-electron chi connectivity index (χ4n) is 4.01. The summed E-state index contributed by atoms with van der Waals surface area (Å²) in [5.74, 6) is -0.694. The van der Waals surface area contributed by atoms with E-state index in [1.165, 1.54) is 24.1 Å². The van der Waals surface area contributed by atoms with Crippen LogP contribution in [0.15, 0.2) is 36.4 Å². The highest BCUT2D eigenvalue weighted by Gasteiger charge is 2.36. The predicted molar refractivity (Wildman–Crippen MR) is 130 cm³/mol. The third kappa shape index (κ3) is 6.44. The second-order valence-electron chi connectivity index (χ2n) is 8.35. The molecule has 0 saturated carbocycles. The van der Waals surface area contributed by atoms with E-state index in [4.69, 9.17) is 9.47 Å². The number of carbonyl (C=O) groups excluding carboxylic acids is 1. The van der Waals surface area contributed by atoms with Crippen LogP contribution in [-0.4, -0.2) is 57.7 Å². The molecule has 0 aliphatic carbocycles. The first-order valence-corrected chi connectivity index (χ1v) is 11.0. The number of hydrogen-bond donors (Lipinski definition) is 1. The third-order valence-electron chi connectivity index (χ3n) is 5.72. The lowest BCUT2D eigenvalue weighted by molar-refractivity contribution is -0.393. The van der Waals surface area contributed by atoms with E-state index < -0.39 is 66.8 Å². The van der Waals surface area contributed by atoms with Crippen LogP contribution in [0.4, 0.5) is 34.1 Å². The largest absolute Gasteiger partial charge is 0.434 e. The van der Waals surface area contributed by atoms with Gasteiger partial charge in [0.1, 0.15) is 11.4 Å². The molecule has 202 valence electrons. The minimum Gasteiger partial charge on any atom is -0.434 e. The van der Waals surface area contributed by atoms with Crippen molar-refractivity contribution in [2.75, 3.05) is 23.8 Å². The molecule has 38 heavy (non-hydrogen) atoms. The second kappa shape index (κ2) is 11.4. The van der Waals surface area contributed by atoms with E-state index >= 15 is 0 Å². The number of nitrogens with zero attached hydrogens (tertiary/aromatic N) is 5. The minimum atomic E-state index is -1.21. The van der Waals surface area contributed by atoms with E-state index in [9.17, 15) is 45.3 Å². The van der Waals surface area contributed by atoms with E-state index in [0.717, 1.165) is 31.2 Å². The van der Waals surface area contributed by atoms with Crippen LogP contribution in [-0.2, 0) is 14.3 Å². The van der Waals surface area contributed by atoms with Crippen molar-refractivity contribution in [1.29, 1.82) is 0 Å². The van der Waals surface area contributed by atoms with Gasteiger partial charge in [-0.3, -0.25) is 45.3 Å². The lowest BCUT2D eigenvalue weighted by atomic mass is 10.0. The maximum atomic E-state index is 11.7. The first kappa shape index (κ1) is 27.7. The Kier molecular flexibility index (Phi) is 8.31. The molecule has 17 heteroatoms.